The molecule has 0 radical (unpaired) electrons. The Hall–Kier alpha value is -0.660. The molecule has 0 rings (SSSR count). The van der Waals surface area contributed by atoms with Gasteiger partial charge in [0.05, 0.1) is 6.61 Å². The summed E-state index contributed by atoms with van der Waals surface area (Å²) in [7, 11) is -4.61. The van der Waals surface area contributed by atoms with E-state index >= 15 is 0 Å². The Morgan fingerprint density at radius 2 is 1.72 bits per heavy atom. The highest BCUT2D eigenvalue weighted by atomic mass is 32.3. The van der Waals surface area contributed by atoms with E-state index in [1.165, 1.54) is 26.2 Å². The van der Waals surface area contributed by atoms with Gasteiger partial charge in [-0.05, 0) is 13.3 Å². The molecule has 6 nitrogen and oxygen atoms in total. The van der Waals surface area contributed by atoms with Gasteiger partial charge < -0.3 is 4.74 Å². The molecule has 1 atom stereocenters. The Bertz CT molecular complexity index is 324. The lowest BCUT2D eigenvalue weighted by Crippen LogP contribution is -2.26. The third-order valence-corrected chi connectivity index (χ3v) is 2.87. The predicted molar refractivity (Wildman–Crippen MR) is 66.4 cm³/mol. The van der Waals surface area contributed by atoms with Gasteiger partial charge in [-0.25, -0.2) is 8.98 Å². The van der Waals surface area contributed by atoms with Crippen molar-refractivity contribution in [3.05, 3.63) is 0 Å². The second-order valence-electron chi connectivity index (χ2n) is 4.10. The molecule has 0 aliphatic heterocycles. The van der Waals surface area contributed by atoms with Gasteiger partial charge in [-0.15, -0.1) is 0 Å². The number of esters is 1. The topological polar surface area (TPSA) is 89.9 Å². The first-order chi connectivity index (χ1) is 8.37. The third-order valence-electron chi connectivity index (χ3n) is 2.34. The molecule has 0 aliphatic carbocycles. The van der Waals surface area contributed by atoms with Crippen molar-refractivity contribution in [1.82, 2.24) is 0 Å². The molecule has 1 N–H and O–H groups in total. The minimum atomic E-state index is -4.61. The lowest BCUT2D eigenvalue weighted by Gasteiger charge is -2.09. The van der Waals surface area contributed by atoms with Gasteiger partial charge in [-0.1, -0.05) is 39.0 Å². The van der Waals surface area contributed by atoms with Crippen LogP contribution in [-0.2, 0) is 24.1 Å². The molecule has 0 amide bonds. The molecule has 0 aromatic carbocycles. The first kappa shape index (κ1) is 17.3. The quantitative estimate of drug-likeness (QED) is 0.375. The summed E-state index contributed by atoms with van der Waals surface area (Å²) in [5, 5.41) is 0. The summed E-state index contributed by atoms with van der Waals surface area (Å²) in [4.78, 5) is 11.2. The van der Waals surface area contributed by atoms with Crippen LogP contribution in [0.2, 0.25) is 0 Å². The van der Waals surface area contributed by atoms with E-state index in [-0.39, 0.29) is 6.61 Å². The van der Waals surface area contributed by atoms with Crippen LogP contribution >= 0.6 is 0 Å². The van der Waals surface area contributed by atoms with Crippen molar-refractivity contribution in [1.29, 1.82) is 0 Å². The second-order valence-corrected chi connectivity index (χ2v) is 5.15. The summed E-state index contributed by atoms with van der Waals surface area (Å²) < 4.78 is 37.9. The molecular formula is C11H22O6S. The van der Waals surface area contributed by atoms with E-state index < -0.39 is 22.5 Å². The highest BCUT2D eigenvalue weighted by Gasteiger charge is 2.21. The van der Waals surface area contributed by atoms with Gasteiger partial charge in [-0.3, -0.25) is 4.55 Å². The lowest BCUT2D eigenvalue weighted by molar-refractivity contribution is -0.151. The second kappa shape index (κ2) is 9.29. The fraction of sp³-hybridized carbons (Fsp3) is 0.909. The number of hydrogen-bond acceptors (Lipinski definition) is 5. The molecule has 0 saturated heterocycles. The Balaban J connectivity index is 3.58. The molecule has 0 heterocycles. The van der Waals surface area contributed by atoms with E-state index in [0.717, 1.165) is 19.3 Å². The molecule has 0 fully saturated rings. The maximum absolute atomic E-state index is 11.2. The van der Waals surface area contributed by atoms with E-state index in [1.807, 2.05) is 0 Å². The van der Waals surface area contributed by atoms with Gasteiger partial charge in [0.25, 0.3) is 0 Å². The number of hydrogen-bond donors (Lipinski definition) is 1. The summed E-state index contributed by atoms with van der Waals surface area (Å²) >= 11 is 0. The average Bonchev–Trinajstić information content (AvgIpc) is 2.25. The predicted octanol–water partition coefficient (Wildman–Crippen LogP) is 2.10. The zero-order chi connectivity index (χ0) is 14.0. The van der Waals surface area contributed by atoms with Gasteiger partial charge in [0.1, 0.15) is 0 Å². The molecule has 0 spiro atoms. The fourth-order valence-corrected chi connectivity index (χ4v) is 1.84. The van der Waals surface area contributed by atoms with Crippen LogP contribution in [0.15, 0.2) is 0 Å². The maximum Gasteiger partial charge on any atom is 0.398 e. The minimum absolute atomic E-state index is 0.240. The van der Waals surface area contributed by atoms with Crippen LogP contribution in [0.3, 0.4) is 0 Å². The number of carbonyl (C=O) groups excluding carboxylic acids is 1. The van der Waals surface area contributed by atoms with Crippen LogP contribution in [0.4, 0.5) is 0 Å². The van der Waals surface area contributed by atoms with Crippen LogP contribution in [0, 0.1) is 0 Å². The number of rotatable bonds is 10. The Morgan fingerprint density at radius 1 is 1.17 bits per heavy atom. The third kappa shape index (κ3) is 10.5. The molecular weight excluding hydrogens is 260 g/mol. The first-order valence-corrected chi connectivity index (χ1v) is 7.55. The van der Waals surface area contributed by atoms with Crippen LogP contribution in [0.5, 0.6) is 0 Å². The molecule has 0 aromatic heterocycles. The monoisotopic (exact) mass is 282 g/mol. The van der Waals surface area contributed by atoms with Crippen LogP contribution in [0.1, 0.15) is 52.4 Å². The van der Waals surface area contributed by atoms with Crippen molar-refractivity contribution in [2.45, 2.75) is 58.5 Å². The zero-order valence-corrected chi connectivity index (χ0v) is 11.7. The molecule has 1 unspecified atom stereocenters. The average molecular weight is 282 g/mol. The van der Waals surface area contributed by atoms with Gasteiger partial charge in [0.15, 0.2) is 6.10 Å². The molecule has 18 heavy (non-hydrogen) atoms. The lowest BCUT2D eigenvalue weighted by atomic mass is 10.1. The van der Waals surface area contributed by atoms with Crippen LogP contribution < -0.4 is 0 Å². The Kier molecular flexibility index (Phi) is 8.95. The number of unbranched alkanes of at least 4 members (excludes halogenated alkanes) is 5. The van der Waals surface area contributed by atoms with E-state index in [1.54, 1.807) is 0 Å². The van der Waals surface area contributed by atoms with Crippen molar-refractivity contribution in [3.63, 3.8) is 0 Å². The number of ether oxygens (including phenoxy) is 1. The maximum atomic E-state index is 11.2. The molecule has 0 bridgehead atoms. The van der Waals surface area contributed by atoms with Crippen molar-refractivity contribution in [2.24, 2.45) is 0 Å². The standard InChI is InChI=1S/C11H22O6S/c1-3-4-5-6-7-8-9-16-11(12)10(2)17-18(13,14)15/h10H,3-9H2,1-2H3,(H,13,14,15). The highest BCUT2D eigenvalue weighted by molar-refractivity contribution is 7.80. The van der Waals surface area contributed by atoms with Gasteiger partial charge in [0, 0.05) is 0 Å². The van der Waals surface area contributed by atoms with Crippen molar-refractivity contribution < 1.29 is 26.7 Å². The van der Waals surface area contributed by atoms with Crippen molar-refractivity contribution >= 4 is 16.4 Å². The van der Waals surface area contributed by atoms with Gasteiger partial charge >= 0.3 is 16.4 Å². The Morgan fingerprint density at radius 3 is 2.28 bits per heavy atom. The molecule has 0 saturated carbocycles. The van der Waals surface area contributed by atoms with E-state index in [0.29, 0.717) is 0 Å². The highest BCUT2D eigenvalue weighted by Crippen LogP contribution is 2.06. The van der Waals surface area contributed by atoms with E-state index in [9.17, 15) is 13.2 Å². The Labute approximate surface area is 109 Å². The molecule has 108 valence electrons. The molecule has 0 aliphatic rings. The largest absolute Gasteiger partial charge is 0.464 e. The normalized spacial score (nSPS) is 13.3. The van der Waals surface area contributed by atoms with Gasteiger partial charge in [-0.2, -0.15) is 8.42 Å². The summed E-state index contributed by atoms with van der Waals surface area (Å²) in [6.45, 7) is 3.58. The minimum Gasteiger partial charge on any atom is -0.464 e. The van der Waals surface area contributed by atoms with Crippen molar-refractivity contribution in [2.75, 3.05) is 6.61 Å². The van der Waals surface area contributed by atoms with E-state index in [4.69, 9.17) is 9.29 Å². The smallest absolute Gasteiger partial charge is 0.398 e. The zero-order valence-electron chi connectivity index (χ0n) is 10.9. The molecule has 0 aromatic rings. The van der Waals surface area contributed by atoms with Crippen LogP contribution in [0.25, 0.3) is 0 Å². The van der Waals surface area contributed by atoms with Crippen LogP contribution in [-0.4, -0.2) is 31.7 Å². The van der Waals surface area contributed by atoms with Gasteiger partial charge in [0.2, 0.25) is 0 Å². The summed E-state index contributed by atoms with van der Waals surface area (Å²) in [6.07, 6.45) is 5.06. The van der Waals surface area contributed by atoms with Crippen molar-refractivity contribution in [3.8, 4) is 0 Å². The SMILES string of the molecule is CCCCCCCCOC(=O)C(C)OS(=O)(=O)O. The molecule has 7 heteroatoms. The van der Waals surface area contributed by atoms with E-state index in [2.05, 4.69) is 11.1 Å². The summed E-state index contributed by atoms with van der Waals surface area (Å²) in [6, 6.07) is 0. The number of carbonyl (C=O) groups is 1. The fourth-order valence-electron chi connectivity index (χ4n) is 1.39. The first-order valence-electron chi connectivity index (χ1n) is 6.19. The summed E-state index contributed by atoms with van der Waals surface area (Å²) in [5.74, 6) is -0.791. The summed E-state index contributed by atoms with van der Waals surface area (Å²) in [5.41, 5.74) is 0.